The van der Waals surface area contributed by atoms with Crippen molar-refractivity contribution in [2.45, 2.75) is 19.3 Å². The Hall–Kier alpha value is -3.04. The summed E-state index contributed by atoms with van der Waals surface area (Å²) in [4.78, 5) is 17.4. The number of aliphatic hydroxyl groups excluding tert-OH is 1. The number of allylic oxidation sites excluding steroid dienone is 2. The molecular formula is C24H26F3IN8O. The number of hydrogen-bond donors (Lipinski definition) is 5. The average molecular weight is 626 g/mol. The van der Waals surface area contributed by atoms with Crippen LogP contribution >= 0.6 is 22.6 Å². The molecule has 13 heteroatoms. The number of aromatic nitrogens is 2. The monoisotopic (exact) mass is 626 g/mol. The van der Waals surface area contributed by atoms with E-state index in [2.05, 4.69) is 63.8 Å². The molecule has 2 aliphatic heterocycles. The fourth-order valence-electron chi connectivity index (χ4n) is 3.84. The summed E-state index contributed by atoms with van der Waals surface area (Å²) >= 11 is 2.08. The number of anilines is 1. The van der Waals surface area contributed by atoms with Crippen molar-refractivity contribution >= 4 is 51.6 Å². The van der Waals surface area contributed by atoms with Crippen molar-refractivity contribution in [2.75, 3.05) is 32.1 Å². The Morgan fingerprint density at radius 3 is 2.78 bits per heavy atom. The lowest BCUT2D eigenvalue weighted by molar-refractivity contribution is -0.154. The van der Waals surface area contributed by atoms with E-state index in [0.29, 0.717) is 35.3 Å². The molecule has 0 bridgehead atoms. The summed E-state index contributed by atoms with van der Waals surface area (Å²) in [6.07, 6.45) is -0.629. The molecule has 0 spiro atoms. The van der Waals surface area contributed by atoms with E-state index in [4.69, 9.17) is 0 Å². The number of nitrogens with one attached hydrogen (secondary N) is 4. The normalized spacial score (nSPS) is 19.5. The molecule has 196 valence electrons. The van der Waals surface area contributed by atoms with Crippen molar-refractivity contribution in [1.82, 2.24) is 25.9 Å². The first kappa shape index (κ1) is 27.0. The highest BCUT2D eigenvalue weighted by molar-refractivity contribution is 14.1. The van der Waals surface area contributed by atoms with Crippen LogP contribution in [-0.2, 0) is 0 Å². The van der Waals surface area contributed by atoms with E-state index in [1.165, 1.54) is 6.08 Å². The van der Waals surface area contributed by atoms with Crippen LogP contribution < -0.4 is 21.3 Å². The molecule has 0 amide bonds. The van der Waals surface area contributed by atoms with Gasteiger partial charge in [-0.25, -0.2) is 9.97 Å². The number of benzene rings is 1. The van der Waals surface area contributed by atoms with Crippen LogP contribution in [0.15, 0.2) is 52.2 Å². The molecule has 2 aliphatic rings. The van der Waals surface area contributed by atoms with Crippen molar-refractivity contribution in [3.8, 4) is 0 Å². The number of hydrogen-bond acceptors (Lipinski definition) is 9. The van der Waals surface area contributed by atoms with Crippen molar-refractivity contribution < 1.29 is 18.3 Å². The van der Waals surface area contributed by atoms with Crippen LogP contribution in [0.5, 0.6) is 0 Å². The van der Waals surface area contributed by atoms with Gasteiger partial charge in [0.1, 0.15) is 30.5 Å². The highest BCUT2D eigenvalue weighted by Crippen LogP contribution is 2.33. The topological polar surface area (TPSA) is 119 Å². The van der Waals surface area contributed by atoms with Gasteiger partial charge in [0.05, 0.1) is 23.6 Å². The zero-order chi connectivity index (χ0) is 26.6. The van der Waals surface area contributed by atoms with E-state index in [1.807, 2.05) is 6.20 Å². The first-order valence-electron chi connectivity index (χ1n) is 11.4. The Kier molecular flexibility index (Phi) is 8.44. The molecule has 0 radical (unpaired) electrons. The number of aliphatic hydroxyl groups is 1. The fourth-order valence-corrected chi connectivity index (χ4v) is 4.35. The van der Waals surface area contributed by atoms with Gasteiger partial charge in [-0.15, -0.1) is 0 Å². The number of aliphatic imine (C=N–C) groups is 2. The quantitative estimate of drug-likeness (QED) is 0.236. The molecule has 2 unspecified atom stereocenters. The standard InChI is InChI=1S/C24H26F3IN8O/c1-13-34-20(14-8-30-12-31-9-14)7-22(35-13)33-10-16-6-21(18(11-32-16)24(25,26)27)36-19-4-3-15(28)5-17(19)23(37)29-2/h3-9,18,23,29-30,32,37H,10-12H2,1-2H3,(H,33,34,35). The van der Waals surface area contributed by atoms with E-state index < -0.39 is 18.3 Å². The third-order valence-corrected chi connectivity index (χ3v) is 6.35. The van der Waals surface area contributed by atoms with Crippen molar-refractivity contribution in [3.05, 3.63) is 62.9 Å². The van der Waals surface area contributed by atoms with E-state index in [-0.39, 0.29) is 24.5 Å². The molecule has 1 aromatic carbocycles. The molecule has 0 fully saturated rings. The minimum atomic E-state index is -4.49. The molecule has 0 saturated heterocycles. The smallest absolute Gasteiger partial charge is 0.386 e. The highest BCUT2D eigenvalue weighted by Gasteiger charge is 2.44. The molecule has 1 aromatic heterocycles. The summed E-state index contributed by atoms with van der Waals surface area (Å²) in [5.41, 5.74) is 2.53. The number of halogens is 4. The second-order valence-electron chi connectivity index (χ2n) is 8.39. The largest absolute Gasteiger partial charge is 0.398 e. The molecule has 3 heterocycles. The molecule has 9 nitrogen and oxygen atoms in total. The van der Waals surface area contributed by atoms with Crippen LogP contribution in [0.4, 0.5) is 24.7 Å². The number of aryl methyl sites for hydroxylation is 1. The number of rotatable bonds is 7. The summed E-state index contributed by atoms with van der Waals surface area (Å²) in [5, 5.41) is 22.1. The molecule has 2 aromatic rings. The Labute approximate surface area is 225 Å². The van der Waals surface area contributed by atoms with E-state index in [1.54, 1.807) is 44.5 Å². The van der Waals surface area contributed by atoms with Crippen LogP contribution in [0, 0.1) is 16.4 Å². The number of nitrogens with zero attached hydrogens (tertiary/aromatic N) is 4. The molecule has 37 heavy (non-hydrogen) atoms. The third kappa shape index (κ3) is 6.84. The lowest BCUT2D eigenvalue weighted by atomic mass is 9.97. The van der Waals surface area contributed by atoms with Crippen LogP contribution in [0.2, 0.25) is 0 Å². The molecule has 0 aliphatic carbocycles. The molecular weight excluding hydrogens is 600 g/mol. The Morgan fingerprint density at radius 1 is 1.27 bits per heavy atom. The Morgan fingerprint density at radius 2 is 2.08 bits per heavy atom. The predicted octanol–water partition coefficient (Wildman–Crippen LogP) is 3.42. The highest BCUT2D eigenvalue weighted by atomic mass is 127. The van der Waals surface area contributed by atoms with Gasteiger partial charge in [-0.1, -0.05) is 0 Å². The first-order chi connectivity index (χ1) is 17.6. The zero-order valence-electron chi connectivity index (χ0n) is 20.1. The average Bonchev–Trinajstić information content (AvgIpc) is 2.87. The van der Waals surface area contributed by atoms with Gasteiger partial charge in [0.2, 0.25) is 0 Å². The summed E-state index contributed by atoms with van der Waals surface area (Å²) < 4.78 is 42.4. The van der Waals surface area contributed by atoms with Crippen LogP contribution in [0.1, 0.15) is 23.3 Å². The Bertz CT molecular complexity index is 1280. The van der Waals surface area contributed by atoms with Crippen molar-refractivity contribution in [3.63, 3.8) is 0 Å². The van der Waals surface area contributed by atoms with Gasteiger partial charge in [0.25, 0.3) is 0 Å². The molecule has 0 saturated carbocycles. The first-order valence-corrected chi connectivity index (χ1v) is 12.5. The van der Waals surface area contributed by atoms with Gasteiger partial charge in [-0.3, -0.25) is 15.3 Å². The summed E-state index contributed by atoms with van der Waals surface area (Å²) in [6.45, 7) is 2.10. The van der Waals surface area contributed by atoms with Gasteiger partial charge >= 0.3 is 6.18 Å². The van der Waals surface area contributed by atoms with Gasteiger partial charge in [0.15, 0.2) is 0 Å². The summed E-state index contributed by atoms with van der Waals surface area (Å²) in [5.74, 6) is -0.731. The maximum atomic E-state index is 13.9. The summed E-state index contributed by atoms with van der Waals surface area (Å²) in [7, 11) is 1.56. The molecule has 2 atom stereocenters. The molecule has 5 N–H and O–H groups in total. The van der Waals surface area contributed by atoms with Gasteiger partial charge < -0.3 is 21.1 Å². The van der Waals surface area contributed by atoms with Crippen molar-refractivity contribution in [1.29, 1.82) is 0 Å². The maximum absolute atomic E-state index is 13.9. The maximum Gasteiger partial charge on any atom is 0.398 e. The van der Waals surface area contributed by atoms with Crippen LogP contribution in [0.25, 0.3) is 5.57 Å². The van der Waals surface area contributed by atoms with E-state index >= 15 is 0 Å². The van der Waals surface area contributed by atoms with Gasteiger partial charge in [-0.05, 0) is 60.8 Å². The second-order valence-corrected chi connectivity index (χ2v) is 9.63. The number of alkyl halides is 3. The predicted molar refractivity (Wildman–Crippen MR) is 146 cm³/mol. The Balaban J connectivity index is 1.61. The fraction of sp³-hybridized carbons (Fsp3) is 0.333. The van der Waals surface area contributed by atoms with E-state index in [9.17, 15) is 18.3 Å². The lowest BCUT2D eigenvalue weighted by Gasteiger charge is -2.28. The van der Waals surface area contributed by atoms with Crippen LogP contribution in [-0.4, -0.2) is 60.0 Å². The van der Waals surface area contributed by atoms with Crippen LogP contribution in [0.3, 0.4) is 0 Å². The summed E-state index contributed by atoms with van der Waals surface area (Å²) in [6, 6.07) is 6.79. The minimum absolute atomic E-state index is 0.136. The third-order valence-electron chi connectivity index (χ3n) is 5.68. The minimum Gasteiger partial charge on any atom is -0.386 e. The zero-order valence-corrected chi connectivity index (χ0v) is 22.2. The van der Waals surface area contributed by atoms with Gasteiger partial charge in [0, 0.05) is 45.4 Å². The van der Waals surface area contributed by atoms with Gasteiger partial charge in [-0.2, -0.15) is 13.2 Å². The second kappa shape index (κ2) is 11.6. The molecule has 4 rings (SSSR count). The van der Waals surface area contributed by atoms with Crippen molar-refractivity contribution in [2.24, 2.45) is 15.9 Å². The SMILES string of the molecule is CNC(O)c1cc(I)ccc1N=C1C=C(CNc2cc(C3=CNCN=C3)nc(C)n2)NCC1C(F)(F)F. The lowest BCUT2D eigenvalue weighted by Crippen LogP contribution is -2.43. The van der Waals surface area contributed by atoms with E-state index in [0.717, 1.165) is 9.14 Å².